The predicted octanol–water partition coefficient (Wildman–Crippen LogP) is 2.91. The van der Waals surface area contributed by atoms with E-state index in [1.165, 1.54) is 12.1 Å². The summed E-state index contributed by atoms with van der Waals surface area (Å²) in [6.07, 6.45) is 0.296. The average molecular weight is 258 g/mol. The van der Waals surface area contributed by atoms with Gasteiger partial charge in [0.25, 0.3) is 5.69 Å². The first kappa shape index (κ1) is 13.1. The van der Waals surface area contributed by atoms with Gasteiger partial charge >= 0.3 is 0 Å². The Kier molecular flexibility index (Phi) is 3.55. The molecule has 5 heteroatoms. The molecule has 1 aromatic heterocycles. The molecule has 2 rings (SSSR count). The number of nitro benzene ring substituents is 1. The maximum Gasteiger partial charge on any atom is 0.270 e. The Bertz CT molecular complexity index is 650. The minimum absolute atomic E-state index is 0.0191. The van der Waals surface area contributed by atoms with Crippen molar-refractivity contribution >= 4 is 22.4 Å². The predicted molar refractivity (Wildman–Crippen MR) is 71.9 cm³/mol. The van der Waals surface area contributed by atoms with Crippen LogP contribution in [-0.4, -0.2) is 15.7 Å². The number of hydrogen-bond acceptors (Lipinski definition) is 4. The number of rotatable bonds is 4. The smallest absolute Gasteiger partial charge is 0.270 e. The molecule has 0 saturated carbocycles. The van der Waals surface area contributed by atoms with Gasteiger partial charge in [-0.2, -0.15) is 0 Å². The van der Waals surface area contributed by atoms with Gasteiger partial charge in [0.1, 0.15) is 5.78 Å². The molecule has 0 aliphatic carbocycles. The maximum absolute atomic E-state index is 11.7. The van der Waals surface area contributed by atoms with Gasteiger partial charge in [-0.05, 0) is 12.1 Å². The number of carbonyl (C=O) groups is 1. The van der Waals surface area contributed by atoms with Gasteiger partial charge in [-0.1, -0.05) is 19.9 Å². The van der Waals surface area contributed by atoms with Crippen molar-refractivity contribution in [1.82, 2.24) is 4.98 Å². The lowest BCUT2D eigenvalue weighted by molar-refractivity contribution is -0.384. The van der Waals surface area contributed by atoms with E-state index in [0.717, 1.165) is 0 Å². The third-order valence-electron chi connectivity index (χ3n) is 2.94. The first-order chi connectivity index (χ1) is 8.97. The third kappa shape index (κ3) is 2.93. The molecule has 0 aliphatic heterocycles. The van der Waals surface area contributed by atoms with Crippen molar-refractivity contribution in [2.75, 3.05) is 0 Å². The van der Waals surface area contributed by atoms with Gasteiger partial charge in [0, 0.05) is 35.6 Å². The quantitative estimate of drug-likeness (QED) is 0.624. The highest BCUT2D eigenvalue weighted by Gasteiger charge is 2.11. The number of aromatic nitrogens is 1. The summed E-state index contributed by atoms with van der Waals surface area (Å²) < 4.78 is 0. The highest BCUT2D eigenvalue weighted by Crippen LogP contribution is 2.20. The molecular formula is C14H14N2O3. The van der Waals surface area contributed by atoms with Crippen molar-refractivity contribution in [3.63, 3.8) is 0 Å². The molecule has 0 bridgehead atoms. The zero-order chi connectivity index (χ0) is 14.0. The van der Waals surface area contributed by atoms with Gasteiger partial charge in [0.05, 0.1) is 10.4 Å². The number of benzene rings is 1. The van der Waals surface area contributed by atoms with Crippen LogP contribution >= 0.6 is 0 Å². The summed E-state index contributed by atoms with van der Waals surface area (Å²) >= 11 is 0. The average Bonchev–Trinajstić information content (AvgIpc) is 2.37. The molecule has 5 nitrogen and oxygen atoms in total. The summed E-state index contributed by atoms with van der Waals surface area (Å²) in [4.78, 5) is 26.3. The summed E-state index contributed by atoms with van der Waals surface area (Å²) in [7, 11) is 0. The van der Waals surface area contributed by atoms with Crippen LogP contribution in [0.5, 0.6) is 0 Å². The molecule has 0 spiro atoms. The normalized spacial score (nSPS) is 10.9. The van der Waals surface area contributed by atoms with E-state index in [-0.39, 0.29) is 17.4 Å². The zero-order valence-electron chi connectivity index (χ0n) is 10.8. The molecule has 98 valence electrons. The van der Waals surface area contributed by atoms with Gasteiger partial charge in [0.2, 0.25) is 0 Å². The SMILES string of the molecule is CC(C)C(=O)Cc1ccc2cc([N+](=O)[O-])ccc2n1. The molecule has 0 amide bonds. The first-order valence-electron chi connectivity index (χ1n) is 6.04. The second kappa shape index (κ2) is 5.14. The fourth-order valence-corrected chi connectivity index (χ4v) is 1.75. The molecule has 0 N–H and O–H groups in total. The molecule has 1 aromatic carbocycles. The van der Waals surface area contributed by atoms with Crippen molar-refractivity contribution in [2.45, 2.75) is 20.3 Å². The molecule has 0 aliphatic rings. The van der Waals surface area contributed by atoms with Gasteiger partial charge in [-0.15, -0.1) is 0 Å². The topological polar surface area (TPSA) is 73.1 Å². The second-order valence-electron chi connectivity index (χ2n) is 4.73. The Labute approximate surface area is 110 Å². The van der Waals surface area contributed by atoms with Crippen LogP contribution in [0.25, 0.3) is 10.9 Å². The van der Waals surface area contributed by atoms with Gasteiger partial charge in [0.15, 0.2) is 0 Å². The number of nitro groups is 1. The molecule has 0 fully saturated rings. The number of Topliss-reactive ketones (excluding diaryl/α,β-unsaturated/α-hetero) is 1. The fraction of sp³-hybridized carbons (Fsp3) is 0.286. The summed E-state index contributed by atoms with van der Waals surface area (Å²) in [6.45, 7) is 3.71. The first-order valence-corrected chi connectivity index (χ1v) is 6.04. The van der Waals surface area contributed by atoms with Crippen LogP contribution in [0.4, 0.5) is 5.69 Å². The summed E-state index contributed by atoms with van der Waals surface area (Å²) in [5.74, 6) is 0.114. The Hall–Kier alpha value is -2.30. The minimum Gasteiger partial charge on any atom is -0.299 e. The molecule has 2 aromatic rings. The van der Waals surface area contributed by atoms with Crippen LogP contribution in [0.2, 0.25) is 0 Å². The van der Waals surface area contributed by atoms with E-state index in [1.807, 2.05) is 13.8 Å². The summed E-state index contributed by atoms with van der Waals surface area (Å²) in [6, 6.07) is 8.02. The van der Waals surface area contributed by atoms with E-state index in [9.17, 15) is 14.9 Å². The van der Waals surface area contributed by atoms with Crippen LogP contribution in [0.3, 0.4) is 0 Å². The fourth-order valence-electron chi connectivity index (χ4n) is 1.75. The Morgan fingerprint density at radius 3 is 2.68 bits per heavy atom. The standard InChI is InChI=1S/C14H14N2O3/c1-9(2)14(17)8-11-4-3-10-7-12(16(18)19)5-6-13(10)15-11/h3-7,9H,8H2,1-2H3. The molecule has 0 unspecified atom stereocenters. The molecule has 19 heavy (non-hydrogen) atoms. The lowest BCUT2D eigenvalue weighted by Crippen LogP contribution is -2.11. The minimum atomic E-state index is -0.435. The lowest BCUT2D eigenvalue weighted by Gasteiger charge is -2.05. The molecule has 0 radical (unpaired) electrons. The van der Waals surface area contributed by atoms with Crippen LogP contribution in [0.1, 0.15) is 19.5 Å². The number of pyridine rings is 1. The second-order valence-corrected chi connectivity index (χ2v) is 4.73. The van der Waals surface area contributed by atoms with E-state index in [0.29, 0.717) is 23.0 Å². The van der Waals surface area contributed by atoms with Crippen LogP contribution in [0.15, 0.2) is 30.3 Å². The zero-order valence-corrected chi connectivity index (χ0v) is 10.8. The number of fused-ring (bicyclic) bond motifs is 1. The van der Waals surface area contributed by atoms with Crippen LogP contribution in [-0.2, 0) is 11.2 Å². The highest BCUT2D eigenvalue weighted by molar-refractivity contribution is 5.84. The number of non-ortho nitro benzene ring substituents is 1. The number of carbonyl (C=O) groups excluding carboxylic acids is 1. The summed E-state index contributed by atoms with van der Waals surface area (Å²) in [5.41, 5.74) is 1.40. The van der Waals surface area contributed by atoms with Crippen LogP contribution < -0.4 is 0 Å². The van der Waals surface area contributed by atoms with Gasteiger partial charge in [-0.3, -0.25) is 19.9 Å². The number of hydrogen-bond donors (Lipinski definition) is 0. The van der Waals surface area contributed by atoms with Crippen molar-refractivity contribution in [1.29, 1.82) is 0 Å². The van der Waals surface area contributed by atoms with E-state index < -0.39 is 4.92 Å². The lowest BCUT2D eigenvalue weighted by atomic mass is 10.0. The van der Waals surface area contributed by atoms with E-state index >= 15 is 0 Å². The van der Waals surface area contributed by atoms with E-state index in [2.05, 4.69) is 4.98 Å². The monoisotopic (exact) mass is 258 g/mol. The van der Waals surface area contributed by atoms with Gasteiger partial charge in [-0.25, -0.2) is 0 Å². The van der Waals surface area contributed by atoms with E-state index in [4.69, 9.17) is 0 Å². The van der Waals surface area contributed by atoms with Crippen LogP contribution in [0, 0.1) is 16.0 Å². The third-order valence-corrected chi connectivity index (χ3v) is 2.94. The molecule has 1 heterocycles. The van der Waals surface area contributed by atoms with Gasteiger partial charge < -0.3 is 0 Å². The van der Waals surface area contributed by atoms with Crippen molar-refractivity contribution in [3.05, 3.63) is 46.1 Å². The van der Waals surface area contributed by atoms with Crippen molar-refractivity contribution in [2.24, 2.45) is 5.92 Å². The Morgan fingerprint density at radius 1 is 1.32 bits per heavy atom. The van der Waals surface area contributed by atoms with E-state index in [1.54, 1.807) is 18.2 Å². The molecule has 0 atom stereocenters. The number of nitrogens with zero attached hydrogens (tertiary/aromatic N) is 2. The van der Waals surface area contributed by atoms with Crippen molar-refractivity contribution in [3.8, 4) is 0 Å². The highest BCUT2D eigenvalue weighted by atomic mass is 16.6. The largest absolute Gasteiger partial charge is 0.299 e. The summed E-state index contributed by atoms with van der Waals surface area (Å²) in [5, 5.41) is 11.4. The van der Waals surface area contributed by atoms with Crippen molar-refractivity contribution < 1.29 is 9.72 Å². The Balaban J connectivity index is 2.34. The maximum atomic E-state index is 11.7. The number of ketones is 1. The molecular weight excluding hydrogens is 244 g/mol. The molecule has 0 saturated heterocycles. The Morgan fingerprint density at radius 2 is 2.05 bits per heavy atom.